The molecule has 0 radical (unpaired) electrons. The molecule has 1 aromatic rings. The summed E-state index contributed by atoms with van der Waals surface area (Å²) in [5.41, 5.74) is 0.932. The van der Waals surface area contributed by atoms with Gasteiger partial charge in [0, 0.05) is 11.9 Å². The van der Waals surface area contributed by atoms with Crippen LogP contribution < -0.4 is 4.72 Å². The second-order valence-electron chi connectivity index (χ2n) is 3.59. The minimum atomic E-state index is -3.54. The van der Waals surface area contributed by atoms with Crippen molar-refractivity contribution in [2.75, 3.05) is 17.1 Å². The van der Waals surface area contributed by atoms with Crippen LogP contribution in [0.3, 0.4) is 0 Å². The Morgan fingerprint density at radius 2 is 2.28 bits per heavy atom. The van der Waals surface area contributed by atoms with Crippen LogP contribution in [0.5, 0.6) is 0 Å². The van der Waals surface area contributed by atoms with Gasteiger partial charge in [-0.1, -0.05) is 6.08 Å². The maximum atomic E-state index is 11.7. The molecule has 1 heterocycles. The molecule has 18 heavy (non-hydrogen) atoms. The van der Waals surface area contributed by atoms with Crippen molar-refractivity contribution in [2.24, 2.45) is 0 Å². The van der Waals surface area contributed by atoms with Crippen molar-refractivity contribution < 1.29 is 17.9 Å². The third-order valence-corrected chi connectivity index (χ3v) is 3.37. The average Bonchev–Trinajstić information content (AvgIpc) is 2.59. The molecule has 0 aliphatic rings. The predicted molar refractivity (Wildman–Crippen MR) is 69.1 cm³/mol. The van der Waals surface area contributed by atoms with Gasteiger partial charge in [0.1, 0.15) is 5.56 Å². The molecule has 0 saturated carbocycles. The molecular formula is C11H16N2O4S. The lowest BCUT2D eigenvalue weighted by Gasteiger charge is -2.07. The number of anilines is 1. The molecule has 0 saturated heterocycles. The van der Waals surface area contributed by atoms with Crippen LogP contribution in [0.4, 0.5) is 5.69 Å². The molecule has 6 nitrogen and oxygen atoms in total. The molecular weight excluding hydrogens is 256 g/mol. The maximum Gasteiger partial charge on any atom is 0.342 e. The van der Waals surface area contributed by atoms with Crippen molar-refractivity contribution in [3.8, 4) is 0 Å². The SMILES string of the molecule is C=CCS(=O)(=O)Nc1c[nH]c(C)c1C(=O)OCC. The molecule has 1 rings (SSSR count). The summed E-state index contributed by atoms with van der Waals surface area (Å²) < 4.78 is 30.4. The molecule has 2 N–H and O–H groups in total. The lowest BCUT2D eigenvalue weighted by Crippen LogP contribution is -2.17. The Bertz CT molecular complexity index is 545. The molecule has 100 valence electrons. The number of rotatable bonds is 6. The molecule has 0 amide bonds. The van der Waals surface area contributed by atoms with E-state index in [1.54, 1.807) is 13.8 Å². The smallest absolute Gasteiger partial charge is 0.342 e. The lowest BCUT2D eigenvalue weighted by molar-refractivity contribution is 0.0527. The summed E-state index contributed by atoms with van der Waals surface area (Å²) in [6.07, 6.45) is 2.69. The second-order valence-corrected chi connectivity index (χ2v) is 5.36. The fraction of sp³-hybridized carbons (Fsp3) is 0.364. The molecule has 0 unspecified atom stereocenters. The first-order chi connectivity index (χ1) is 8.41. The highest BCUT2D eigenvalue weighted by Crippen LogP contribution is 2.21. The summed E-state index contributed by atoms with van der Waals surface area (Å²) in [4.78, 5) is 14.5. The van der Waals surface area contributed by atoms with Crippen LogP contribution in [0.1, 0.15) is 23.0 Å². The van der Waals surface area contributed by atoms with E-state index in [1.165, 1.54) is 12.3 Å². The molecule has 0 bridgehead atoms. The lowest BCUT2D eigenvalue weighted by atomic mass is 10.2. The van der Waals surface area contributed by atoms with Gasteiger partial charge in [-0.15, -0.1) is 6.58 Å². The number of aromatic nitrogens is 1. The third-order valence-electron chi connectivity index (χ3n) is 2.16. The topological polar surface area (TPSA) is 88.3 Å². The summed E-state index contributed by atoms with van der Waals surface area (Å²) in [5.74, 6) is -0.785. The van der Waals surface area contributed by atoms with Gasteiger partial charge in [0.25, 0.3) is 0 Å². The first kappa shape index (κ1) is 14.3. The van der Waals surface area contributed by atoms with Gasteiger partial charge in [-0.2, -0.15) is 0 Å². The Hall–Kier alpha value is -1.76. The van der Waals surface area contributed by atoms with E-state index < -0.39 is 16.0 Å². The molecule has 1 aromatic heterocycles. The zero-order valence-electron chi connectivity index (χ0n) is 10.3. The van der Waals surface area contributed by atoms with E-state index in [0.717, 1.165) is 0 Å². The number of ether oxygens (including phenoxy) is 1. The number of aromatic amines is 1. The van der Waals surface area contributed by atoms with Gasteiger partial charge in [0.05, 0.1) is 18.0 Å². The minimum Gasteiger partial charge on any atom is -0.462 e. The summed E-state index contributed by atoms with van der Waals surface area (Å²) in [6, 6.07) is 0. The second kappa shape index (κ2) is 5.72. The minimum absolute atomic E-state index is 0.188. The van der Waals surface area contributed by atoms with Crippen molar-refractivity contribution in [1.29, 1.82) is 0 Å². The molecule has 0 aromatic carbocycles. The number of carbonyl (C=O) groups is 1. The summed E-state index contributed by atoms with van der Waals surface area (Å²) in [6.45, 7) is 6.93. The molecule has 7 heteroatoms. The predicted octanol–water partition coefficient (Wildman–Crippen LogP) is 1.43. The van der Waals surface area contributed by atoms with Crippen LogP contribution in [0.2, 0.25) is 0 Å². The molecule has 0 spiro atoms. The van der Waals surface area contributed by atoms with Gasteiger partial charge in [-0.05, 0) is 13.8 Å². The van der Waals surface area contributed by atoms with Crippen molar-refractivity contribution in [3.05, 3.63) is 30.1 Å². The number of aryl methyl sites for hydroxylation is 1. The van der Waals surface area contributed by atoms with E-state index in [4.69, 9.17) is 4.74 Å². The largest absolute Gasteiger partial charge is 0.462 e. The third kappa shape index (κ3) is 3.36. The fourth-order valence-corrected chi connectivity index (χ4v) is 2.33. The van der Waals surface area contributed by atoms with E-state index in [0.29, 0.717) is 5.69 Å². The van der Waals surface area contributed by atoms with Crippen molar-refractivity contribution >= 4 is 21.7 Å². The van der Waals surface area contributed by atoms with Crippen LogP contribution in [0, 0.1) is 6.92 Å². The monoisotopic (exact) mass is 272 g/mol. The molecule has 0 atom stereocenters. The van der Waals surface area contributed by atoms with Gasteiger partial charge in [0.2, 0.25) is 10.0 Å². The standard InChI is InChI=1S/C11H16N2O4S/c1-4-6-18(15,16)13-9-7-12-8(3)10(9)11(14)17-5-2/h4,7,12-13H,1,5-6H2,2-3H3. The number of H-pyrrole nitrogens is 1. The highest BCUT2D eigenvalue weighted by atomic mass is 32.2. The van der Waals surface area contributed by atoms with Gasteiger partial charge in [-0.25, -0.2) is 13.2 Å². The average molecular weight is 272 g/mol. The first-order valence-corrected chi connectivity index (χ1v) is 7.03. The zero-order chi connectivity index (χ0) is 13.8. The van der Waals surface area contributed by atoms with Crippen LogP contribution >= 0.6 is 0 Å². The van der Waals surface area contributed by atoms with Crippen molar-refractivity contribution in [1.82, 2.24) is 4.98 Å². The van der Waals surface area contributed by atoms with E-state index >= 15 is 0 Å². The normalized spacial score (nSPS) is 11.0. The van der Waals surface area contributed by atoms with Gasteiger partial charge in [0.15, 0.2) is 0 Å². The Balaban J connectivity index is 3.04. The van der Waals surface area contributed by atoms with E-state index in [2.05, 4.69) is 16.3 Å². The summed E-state index contributed by atoms with van der Waals surface area (Å²) in [5, 5.41) is 0. The summed E-state index contributed by atoms with van der Waals surface area (Å²) >= 11 is 0. The number of esters is 1. The van der Waals surface area contributed by atoms with Crippen LogP contribution in [-0.4, -0.2) is 31.7 Å². The Labute approximate surface area is 106 Å². The number of hydrogen-bond acceptors (Lipinski definition) is 4. The van der Waals surface area contributed by atoms with Gasteiger partial charge >= 0.3 is 5.97 Å². The first-order valence-electron chi connectivity index (χ1n) is 5.37. The van der Waals surface area contributed by atoms with Crippen LogP contribution in [-0.2, 0) is 14.8 Å². The van der Waals surface area contributed by atoms with Crippen molar-refractivity contribution in [3.63, 3.8) is 0 Å². The maximum absolute atomic E-state index is 11.7. The zero-order valence-corrected chi connectivity index (χ0v) is 11.1. The van der Waals surface area contributed by atoms with E-state index in [9.17, 15) is 13.2 Å². The molecule has 0 aliphatic carbocycles. The number of nitrogens with one attached hydrogen (secondary N) is 2. The number of carbonyl (C=O) groups excluding carboxylic acids is 1. The van der Waals surface area contributed by atoms with Gasteiger partial charge in [-0.3, -0.25) is 4.72 Å². The highest BCUT2D eigenvalue weighted by Gasteiger charge is 2.20. The molecule has 0 aliphatic heterocycles. The number of hydrogen-bond donors (Lipinski definition) is 2. The Kier molecular flexibility index (Phi) is 4.55. The van der Waals surface area contributed by atoms with Crippen LogP contribution in [0.25, 0.3) is 0 Å². The summed E-state index contributed by atoms with van der Waals surface area (Å²) in [7, 11) is -3.54. The Morgan fingerprint density at radius 1 is 1.61 bits per heavy atom. The van der Waals surface area contributed by atoms with Crippen molar-refractivity contribution in [2.45, 2.75) is 13.8 Å². The van der Waals surface area contributed by atoms with Gasteiger partial charge < -0.3 is 9.72 Å². The van der Waals surface area contributed by atoms with E-state index in [-0.39, 0.29) is 23.6 Å². The highest BCUT2D eigenvalue weighted by molar-refractivity contribution is 7.92. The quantitative estimate of drug-likeness (QED) is 0.605. The fourth-order valence-electron chi connectivity index (χ4n) is 1.44. The van der Waals surface area contributed by atoms with E-state index in [1.807, 2.05) is 0 Å². The number of sulfonamides is 1. The van der Waals surface area contributed by atoms with Crippen LogP contribution in [0.15, 0.2) is 18.9 Å². The molecule has 0 fully saturated rings. The Morgan fingerprint density at radius 3 is 2.83 bits per heavy atom.